The zero-order chi connectivity index (χ0) is 25.1. The van der Waals surface area contributed by atoms with E-state index >= 15 is 0 Å². The number of amides is 1. The van der Waals surface area contributed by atoms with E-state index in [4.69, 9.17) is 14.2 Å². The molecule has 0 aromatic heterocycles. The van der Waals surface area contributed by atoms with Crippen LogP contribution in [0.3, 0.4) is 0 Å². The molecule has 1 aliphatic carbocycles. The molecule has 1 atom stereocenters. The van der Waals surface area contributed by atoms with E-state index in [1.807, 2.05) is 55.5 Å². The molecule has 3 aromatic rings. The molecule has 1 unspecified atom stereocenters. The van der Waals surface area contributed by atoms with Gasteiger partial charge in [0.15, 0.2) is 18.1 Å². The van der Waals surface area contributed by atoms with E-state index in [0.717, 1.165) is 53.1 Å². The van der Waals surface area contributed by atoms with Gasteiger partial charge >= 0.3 is 5.97 Å². The van der Waals surface area contributed by atoms with Crippen LogP contribution in [-0.4, -0.2) is 36.4 Å². The molecule has 0 spiro atoms. The SMILES string of the molecule is Cc1cc2c(cc1C(CC(=O)O)c1ccc3ccc(OCC(=O)NC4CCCCC4)cc3c1)OCO2. The Balaban J connectivity index is 1.36. The lowest BCUT2D eigenvalue weighted by Gasteiger charge is -2.22. The van der Waals surface area contributed by atoms with Gasteiger partial charge in [-0.1, -0.05) is 43.5 Å². The van der Waals surface area contributed by atoms with E-state index < -0.39 is 5.97 Å². The van der Waals surface area contributed by atoms with Crippen molar-refractivity contribution in [1.82, 2.24) is 5.32 Å². The van der Waals surface area contributed by atoms with Gasteiger partial charge in [-0.3, -0.25) is 9.59 Å². The summed E-state index contributed by atoms with van der Waals surface area (Å²) in [6.45, 7) is 2.09. The molecule has 1 amide bonds. The number of nitrogens with one attached hydrogen (secondary N) is 1. The summed E-state index contributed by atoms with van der Waals surface area (Å²) in [5.74, 6) is 0.584. The van der Waals surface area contributed by atoms with Crippen LogP contribution < -0.4 is 19.5 Å². The lowest BCUT2D eigenvalue weighted by atomic mass is 9.85. The average Bonchev–Trinajstić information content (AvgIpc) is 3.33. The predicted octanol–water partition coefficient (Wildman–Crippen LogP) is 5.31. The van der Waals surface area contributed by atoms with E-state index in [2.05, 4.69) is 5.32 Å². The summed E-state index contributed by atoms with van der Waals surface area (Å²) in [4.78, 5) is 24.1. The number of carboxylic acid groups (broad SMARTS) is 1. The molecule has 1 heterocycles. The van der Waals surface area contributed by atoms with Crippen molar-refractivity contribution in [1.29, 1.82) is 0 Å². The number of carboxylic acids is 1. The first-order chi connectivity index (χ1) is 17.5. The molecule has 0 radical (unpaired) electrons. The largest absolute Gasteiger partial charge is 0.484 e. The number of aryl methyl sites for hydroxylation is 1. The summed E-state index contributed by atoms with van der Waals surface area (Å²) in [5, 5.41) is 14.7. The number of benzene rings is 3. The Labute approximate surface area is 210 Å². The molecule has 2 aliphatic rings. The van der Waals surface area contributed by atoms with Gasteiger partial charge in [0, 0.05) is 12.0 Å². The van der Waals surface area contributed by atoms with E-state index in [-0.39, 0.29) is 37.7 Å². The Bertz CT molecular complexity index is 1280. The second kappa shape index (κ2) is 10.5. The molecule has 1 saturated carbocycles. The zero-order valence-corrected chi connectivity index (χ0v) is 20.4. The summed E-state index contributed by atoms with van der Waals surface area (Å²) >= 11 is 0. The normalized spacial score (nSPS) is 16.0. The Kier molecular flexibility index (Phi) is 6.98. The fourth-order valence-electron chi connectivity index (χ4n) is 5.23. The first kappa shape index (κ1) is 24.0. The van der Waals surface area contributed by atoms with Crippen LogP contribution in [-0.2, 0) is 9.59 Å². The maximum absolute atomic E-state index is 12.4. The van der Waals surface area contributed by atoms with E-state index in [1.165, 1.54) is 6.42 Å². The molecule has 2 N–H and O–H groups in total. The monoisotopic (exact) mass is 489 g/mol. The van der Waals surface area contributed by atoms with E-state index in [1.54, 1.807) is 0 Å². The molecule has 5 rings (SSSR count). The molecule has 7 nitrogen and oxygen atoms in total. The van der Waals surface area contributed by atoms with Gasteiger partial charge in [-0.15, -0.1) is 0 Å². The number of fused-ring (bicyclic) bond motifs is 2. The molecule has 7 heteroatoms. The number of carbonyl (C=O) groups excluding carboxylic acids is 1. The third-order valence-electron chi connectivity index (χ3n) is 7.09. The minimum absolute atomic E-state index is 0.0280. The maximum Gasteiger partial charge on any atom is 0.304 e. The molecule has 3 aromatic carbocycles. The lowest BCUT2D eigenvalue weighted by molar-refractivity contribution is -0.137. The van der Waals surface area contributed by atoms with Gasteiger partial charge in [0.1, 0.15) is 5.75 Å². The number of ether oxygens (including phenoxy) is 3. The van der Waals surface area contributed by atoms with Gasteiger partial charge in [-0.25, -0.2) is 0 Å². The second-order valence-corrected chi connectivity index (χ2v) is 9.67. The Morgan fingerprint density at radius 3 is 2.53 bits per heavy atom. The summed E-state index contributed by atoms with van der Waals surface area (Å²) in [5.41, 5.74) is 2.73. The van der Waals surface area contributed by atoms with Crippen molar-refractivity contribution in [2.24, 2.45) is 0 Å². The van der Waals surface area contributed by atoms with Crippen LogP contribution in [0.2, 0.25) is 0 Å². The molecule has 1 aliphatic heterocycles. The molecule has 1 fully saturated rings. The third kappa shape index (κ3) is 5.40. The van der Waals surface area contributed by atoms with Crippen molar-refractivity contribution in [3.05, 3.63) is 65.2 Å². The minimum Gasteiger partial charge on any atom is -0.484 e. The highest BCUT2D eigenvalue weighted by Crippen LogP contribution is 2.40. The fourth-order valence-corrected chi connectivity index (χ4v) is 5.23. The average molecular weight is 490 g/mol. The first-order valence-corrected chi connectivity index (χ1v) is 12.5. The van der Waals surface area contributed by atoms with Crippen molar-refractivity contribution in [2.45, 2.75) is 57.4 Å². The molecular formula is C29H31NO6. The van der Waals surface area contributed by atoms with Crippen LogP contribution in [0.5, 0.6) is 17.2 Å². The predicted molar refractivity (Wildman–Crippen MR) is 136 cm³/mol. The third-order valence-corrected chi connectivity index (χ3v) is 7.09. The Morgan fingerprint density at radius 2 is 1.75 bits per heavy atom. The summed E-state index contributed by atoms with van der Waals surface area (Å²) in [6, 6.07) is 15.7. The maximum atomic E-state index is 12.4. The Morgan fingerprint density at radius 1 is 1.00 bits per heavy atom. The van der Waals surface area contributed by atoms with Gasteiger partial charge in [-0.05, 0) is 71.5 Å². The van der Waals surface area contributed by atoms with Crippen molar-refractivity contribution in [2.75, 3.05) is 13.4 Å². The standard InChI is InChI=1S/C29H31NO6/c1-18-11-26-27(36-17-35-26)14-24(18)25(15-29(32)33)20-8-7-19-9-10-23(13-21(19)12-20)34-16-28(31)30-22-5-3-2-4-6-22/h7-14,22,25H,2-6,15-17H2,1H3,(H,30,31)(H,32,33). The topological polar surface area (TPSA) is 94.1 Å². The zero-order valence-electron chi connectivity index (χ0n) is 20.4. The minimum atomic E-state index is -0.877. The van der Waals surface area contributed by atoms with Crippen molar-refractivity contribution >= 4 is 22.6 Å². The van der Waals surface area contributed by atoms with E-state index in [0.29, 0.717) is 17.2 Å². The molecule has 188 valence electrons. The highest BCUT2D eigenvalue weighted by molar-refractivity contribution is 5.85. The van der Waals surface area contributed by atoms with Gasteiger partial charge < -0.3 is 24.6 Å². The number of hydrogen-bond donors (Lipinski definition) is 2. The first-order valence-electron chi connectivity index (χ1n) is 12.5. The van der Waals surface area contributed by atoms with Gasteiger partial charge in [-0.2, -0.15) is 0 Å². The highest BCUT2D eigenvalue weighted by atomic mass is 16.7. The Hall–Kier alpha value is -3.74. The number of hydrogen-bond acceptors (Lipinski definition) is 5. The number of rotatable bonds is 8. The smallest absolute Gasteiger partial charge is 0.304 e. The van der Waals surface area contributed by atoms with Crippen molar-refractivity contribution in [3.63, 3.8) is 0 Å². The summed E-state index contributed by atoms with van der Waals surface area (Å²) in [7, 11) is 0. The van der Waals surface area contributed by atoms with Gasteiger partial charge in [0.2, 0.25) is 6.79 Å². The van der Waals surface area contributed by atoms with Crippen molar-refractivity contribution in [3.8, 4) is 17.2 Å². The number of aliphatic carboxylic acids is 1. The van der Waals surface area contributed by atoms with Crippen LogP contribution >= 0.6 is 0 Å². The lowest BCUT2D eigenvalue weighted by Crippen LogP contribution is -2.38. The van der Waals surface area contributed by atoms with Crippen LogP contribution in [0.25, 0.3) is 10.8 Å². The second-order valence-electron chi connectivity index (χ2n) is 9.67. The summed E-state index contributed by atoms with van der Waals surface area (Å²) in [6.07, 6.45) is 5.57. The van der Waals surface area contributed by atoms with Crippen molar-refractivity contribution < 1.29 is 28.9 Å². The van der Waals surface area contributed by atoms with Gasteiger partial charge in [0.05, 0.1) is 6.42 Å². The highest BCUT2D eigenvalue weighted by Gasteiger charge is 2.24. The summed E-state index contributed by atoms with van der Waals surface area (Å²) < 4.78 is 16.8. The molecule has 36 heavy (non-hydrogen) atoms. The van der Waals surface area contributed by atoms with Crippen LogP contribution in [0.1, 0.15) is 61.1 Å². The molecule has 0 saturated heterocycles. The van der Waals surface area contributed by atoms with Crippen LogP contribution in [0.4, 0.5) is 0 Å². The fraction of sp³-hybridized carbons (Fsp3) is 0.379. The quantitative estimate of drug-likeness (QED) is 0.445. The van der Waals surface area contributed by atoms with Crippen LogP contribution in [0, 0.1) is 6.92 Å². The van der Waals surface area contributed by atoms with E-state index in [9.17, 15) is 14.7 Å². The van der Waals surface area contributed by atoms with Gasteiger partial charge in [0.25, 0.3) is 5.91 Å². The molecule has 0 bridgehead atoms. The molecular weight excluding hydrogens is 458 g/mol. The number of carbonyl (C=O) groups is 2. The van der Waals surface area contributed by atoms with Crippen LogP contribution in [0.15, 0.2) is 48.5 Å².